The van der Waals surface area contributed by atoms with Gasteiger partial charge in [-0.2, -0.15) is 0 Å². The molecule has 0 bridgehead atoms. The van der Waals surface area contributed by atoms with Crippen LogP contribution in [-0.2, 0) is 14.3 Å². The Bertz CT molecular complexity index is 569. The van der Waals surface area contributed by atoms with E-state index in [4.69, 9.17) is 4.74 Å². The van der Waals surface area contributed by atoms with Crippen LogP contribution in [0.25, 0.3) is 0 Å². The van der Waals surface area contributed by atoms with Crippen LogP contribution in [0.4, 0.5) is 0 Å². The van der Waals surface area contributed by atoms with Gasteiger partial charge >= 0.3 is 0 Å². The molecule has 5 rings (SSSR count). The number of fused-ring (bicyclic) bond motifs is 7. The highest BCUT2D eigenvalue weighted by molar-refractivity contribution is 5.88. The average Bonchev–Trinajstić information content (AvgIpc) is 3.24. The van der Waals surface area contributed by atoms with Gasteiger partial charge in [0.1, 0.15) is 11.9 Å². The Morgan fingerprint density at radius 1 is 1.05 bits per heavy atom. The maximum Gasteiger partial charge on any atom is 0.164 e. The Morgan fingerprint density at radius 2 is 1.86 bits per heavy atom. The minimum absolute atomic E-state index is 0.0430. The summed E-state index contributed by atoms with van der Waals surface area (Å²) in [6.07, 6.45) is 7.35. The third-order valence-corrected chi connectivity index (χ3v) is 8.54. The number of rotatable bonds is 0. The Balaban J connectivity index is 1.51. The molecule has 0 spiro atoms. The molecule has 0 aromatic heterocycles. The molecule has 5 fully saturated rings. The van der Waals surface area contributed by atoms with Gasteiger partial charge in [-0.1, -0.05) is 13.8 Å². The number of hydrogen-bond acceptors (Lipinski definition) is 3. The molecule has 22 heavy (non-hydrogen) atoms. The predicted octanol–water partition coefficient (Wildman–Crippen LogP) is 3.15. The fourth-order valence-corrected chi connectivity index (χ4v) is 7.20. The van der Waals surface area contributed by atoms with Crippen molar-refractivity contribution < 1.29 is 14.3 Å². The summed E-state index contributed by atoms with van der Waals surface area (Å²) >= 11 is 0. The zero-order valence-electron chi connectivity index (χ0n) is 13.6. The van der Waals surface area contributed by atoms with E-state index in [1.165, 1.54) is 6.42 Å². The first-order valence-corrected chi connectivity index (χ1v) is 9.17. The van der Waals surface area contributed by atoms with Crippen LogP contribution < -0.4 is 0 Å². The number of carbonyl (C=O) groups is 2. The second kappa shape index (κ2) is 4.03. The molecule has 0 N–H and O–H groups in total. The van der Waals surface area contributed by atoms with Crippen LogP contribution in [-0.4, -0.2) is 23.8 Å². The number of epoxide rings is 1. The number of Topliss-reactive ketones (excluding diaryl/α,β-unsaturated/α-hetero) is 2. The van der Waals surface area contributed by atoms with Crippen LogP contribution in [0.2, 0.25) is 0 Å². The Kier molecular flexibility index (Phi) is 2.51. The van der Waals surface area contributed by atoms with Gasteiger partial charge in [-0.15, -0.1) is 0 Å². The monoisotopic (exact) mass is 302 g/mol. The molecule has 120 valence electrons. The van der Waals surface area contributed by atoms with E-state index in [1.54, 1.807) is 0 Å². The lowest BCUT2D eigenvalue weighted by Gasteiger charge is -2.58. The standard InChI is InChI=1S/C19H26O3/c1-18-8-7-13-11(12(18)5-6-15(18)21)4-3-10-9-14(20)16-17(22-16)19(10,13)2/h10-13,16-17H,3-9H2,1-2H3/t10-,11-,12-,13-,16+,17+,18+,19+/m1/s1. The molecular weight excluding hydrogens is 276 g/mol. The van der Waals surface area contributed by atoms with Crippen molar-refractivity contribution in [3.05, 3.63) is 0 Å². The fourth-order valence-electron chi connectivity index (χ4n) is 7.20. The SMILES string of the molecule is C[C@]12[C@H](CC[C@H]3[C@H]1CC[C@]1(C)C(=O)CC[C@H]31)CC(=O)[C@@H]1O[C@@H]12. The van der Waals surface area contributed by atoms with Crippen molar-refractivity contribution in [1.82, 2.24) is 0 Å². The molecule has 0 amide bonds. The molecule has 0 aromatic carbocycles. The zero-order valence-corrected chi connectivity index (χ0v) is 13.6. The summed E-state index contributed by atoms with van der Waals surface area (Å²) in [6.45, 7) is 4.64. The van der Waals surface area contributed by atoms with Gasteiger partial charge in [0.25, 0.3) is 0 Å². The van der Waals surface area contributed by atoms with Gasteiger partial charge in [-0.05, 0) is 55.8 Å². The van der Waals surface area contributed by atoms with E-state index < -0.39 is 0 Å². The van der Waals surface area contributed by atoms with Crippen molar-refractivity contribution in [2.24, 2.45) is 34.5 Å². The molecule has 3 heteroatoms. The topological polar surface area (TPSA) is 46.7 Å². The zero-order chi connectivity index (χ0) is 15.3. The largest absolute Gasteiger partial charge is 0.361 e. The van der Waals surface area contributed by atoms with Crippen molar-refractivity contribution >= 4 is 11.6 Å². The highest BCUT2D eigenvalue weighted by Crippen LogP contribution is 2.67. The Hall–Kier alpha value is -0.700. The van der Waals surface area contributed by atoms with E-state index in [-0.39, 0.29) is 23.0 Å². The van der Waals surface area contributed by atoms with Crippen LogP contribution >= 0.6 is 0 Å². The minimum atomic E-state index is -0.0847. The van der Waals surface area contributed by atoms with Gasteiger partial charge < -0.3 is 4.74 Å². The van der Waals surface area contributed by atoms with Gasteiger partial charge in [0, 0.05) is 23.7 Å². The van der Waals surface area contributed by atoms with Crippen molar-refractivity contribution in [3.8, 4) is 0 Å². The second-order valence-electron chi connectivity index (χ2n) is 9.08. The predicted molar refractivity (Wildman–Crippen MR) is 81.2 cm³/mol. The summed E-state index contributed by atoms with van der Waals surface area (Å²) in [5.41, 5.74) is 0.146. The lowest BCUT2D eigenvalue weighted by molar-refractivity contribution is -0.141. The molecule has 5 aliphatic rings. The lowest BCUT2D eigenvalue weighted by Crippen LogP contribution is -2.56. The van der Waals surface area contributed by atoms with Crippen LogP contribution in [0, 0.1) is 34.5 Å². The van der Waals surface area contributed by atoms with Gasteiger partial charge in [-0.3, -0.25) is 9.59 Å². The molecule has 1 aliphatic heterocycles. The quantitative estimate of drug-likeness (QED) is 0.646. The molecule has 1 saturated heterocycles. The number of hydrogen-bond donors (Lipinski definition) is 0. The summed E-state index contributed by atoms with van der Waals surface area (Å²) in [4.78, 5) is 24.5. The summed E-state index contributed by atoms with van der Waals surface area (Å²) in [7, 11) is 0. The van der Waals surface area contributed by atoms with E-state index in [2.05, 4.69) is 13.8 Å². The maximum atomic E-state index is 12.4. The number of ketones is 2. The molecule has 0 unspecified atom stereocenters. The second-order valence-corrected chi connectivity index (χ2v) is 9.08. The maximum absolute atomic E-state index is 12.4. The van der Waals surface area contributed by atoms with Gasteiger partial charge in [0.15, 0.2) is 5.78 Å². The van der Waals surface area contributed by atoms with Crippen molar-refractivity contribution in [2.45, 2.75) is 71.0 Å². The Morgan fingerprint density at radius 3 is 2.68 bits per heavy atom. The highest BCUT2D eigenvalue weighted by atomic mass is 16.6. The molecule has 0 radical (unpaired) electrons. The van der Waals surface area contributed by atoms with Crippen LogP contribution in [0.1, 0.15) is 58.8 Å². The molecule has 3 nitrogen and oxygen atoms in total. The van der Waals surface area contributed by atoms with E-state index in [9.17, 15) is 9.59 Å². The fraction of sp³-hybridized carbons (Fsp3) is 0.895. The van der Waals surface area contributed by atoms with Crippen molar-refractivity contribution in [3.63, 3.8) is 0 Å². The Labute approximate surface area is 132 Å². The average molecular weight is 302 g/mol. The summed E-state index contributed by atoms with van der Waals surface area (Å²) < 4.78 is 5.85. The van der Waals surface area contributed by atoms with Crippen molar-refractivity contribution in [1.29, 1.82) is 0 Å². The van der Waals surface area contributed by atoms with E-state index in [1.807, 2.05) is 0 Å². The summed E-state index contributed by atoms with van der Waals surface area (Å²) in [5.74, 6) is 3.32. The minimum Gasteiger partial charge on any atom is -0.361 e. The first-order chi connectivity index (χ1) is 10.5. The van der Waals surface area contributed by atoms with Crippen LogP contribution in [0.15, 0.2) is 0 Å². The van der Waals surface area contributed by atoms with E-state index in [0.717, 1.165) is 38.5 Å². The van der Waals surface area contributed by atoms with Gasteiger partial charge in [0.2, 0.25) is 0 Å². The first kappa shape index (κ1) is 13.7. The first-order valence-electron chi connectivity index (χ1n) is 9.17. The molecule has 4 saturated carbocycles. The van der Waals surface area contributed by atoms with Gasteiger partial charge in [0.05, 0.1) is 6.10 Å². The lowest BCUT2D eigenvalue weighted by atomic mass is 9.45. The third-order valence-electron chi connectivity index (χ3n) is 8.54. The number of carbonyl (C=O) groups excluding carboxylic acids is 2. The van der Waals surface area contributed by atoms with Crippen LogP contribution in [0.3, 0.4) is 0 Å². The molecule has 8 atom stereocenters. The van der Waals surface area contributed by atoms with E-state index in [0.29, 0.717) is 35.2 Å². The smallest absolute Gasteiger partial charge is 0.164 e. The summed E-state index contributed by atoms with van der Waals surface area (Å²) in [5, 5.41) is 0. The number of ether oxygens (including phenoxy) is 1. The molecule has 1 heterocycles. The van der Waals surface area contributed by atoms with E-state index >= 15 is 0 Å². The van der Waals surface area contributed by atoms with Crippen molar-refractivity contribution in [2.75, 3.05) is 0 Å². The molecular formula is C19H26O3. The summed E-state index contributed by atoms with van der Waals surface area (Å²) in [6, 6.07) is 0. The third kappa shape index (κ3) is 1.43. The van der Waals surface area contributed by atoms with Crippen LogP contribution in [0.5, 0.6) is 0 Å². The molecule has 0 aromatic rings. The normalized spacial score (nSPS) is 59.4. The molecule has 4 aliphatic carbocycles. The van der Waals surface area contributed by atoms with Gasteiger partial charge in [-0.25, -0.2) is 0 Å². The highest BCUT2D eigenvalue weighted by Gasteiger charge is 2.69.